The molecular weight excluding hydrogens is 364 g/mol. The van der Waals surface area contributed by atoms with Crippen LogP contribution < -0.4 is 0 Å². The van der Waals surface area contributed by atoms with E-state index in [2.05, 4.69) is 13.8 Å². The van der Waals surface area contributed by atoms with Crippen LogP contribution in [0.5, 0.6) is 0 Å². The largest absolute Gasteiger partial charge is 0.478 e. The van der Waals surface area contributed by atoms with Crippen molar-refractivity contribution in [2.75, 3.05) is 0 Å². The zero-order valence-electron chi connectivity index (χ0n) is 17.6. The molecule has 0 aromatic carbocycles. The van der Waals surface area contributed by atoms with Gasteiger partial charge < -0.3 is 10.2 Å². The second-order valence-electron chi connectivity index (χ2n) is 10.5. The van der Waals surface area contributed by atoms with Gasteiger partial charge >= 0.3 is 5.97 Å². The Morgan fingerprint density at radius 1 is 1.28 bits per heavy atom. The van der Waals surface area contributed by atoms with Crippen LogP contribution >= 0.6 is 0 Å². The van der Waals surface area contributed by atoms with Gasteiger partial charge in [-0.15, -0.1) is 0 Å². The first-order chi connectivity index (χ1) is 13.9. The predicted octanol–water partition coefficient (Wildman–Crippen LogP) is 4.38. The maximum atomic E-state index is 12.1. The molecule has 0 radical (unpaired) electrons. The number of carboxylic acid groups (broad SMARTS) is 1. The van der Waals surface area contributed by atoms with Crippen molar-refractivity contribution in [1.82, 2.24) is 0 Å². The van der Waals surface area contributed by atoms with Gasteiger partial charge in [0.1, 0.15) is 0 Å². The smallest absolute Gasteiger partial charge is 0.328 e. The van der Waals surface area contributed by atoms with E-state index in [-0.39, 0.29) is 11.3 Å². The van der Waals surface area contributed by atoms with E-state index >= 15 is 0 Å². The van der Waals surface area contributed by atoms with E-state index in [1.165, 1.54) is 11.6 Å². The number of fused-ring (bicyclic) bond motifs is 7. The molecule has 4 saturated carbocycles. The Morgan fingerprint density at radius 3 is 2.76 bits per heavy atom. The number of hydrogen-bond donors (Lipinski definition) is 2. The summed E-state index contributed by atoms with van der Waals surface area (Å²) in [6.07, 6.45) is 12.7. The summed E-state index contributed by atoms with van der Waals surface area (Å²) < 4.78 is 0. The third-order valence-electron chi connectivity index (χ3n) is 9.85. The number of aliphatic hydroxyl groups is 1. The zero-order valence-corrected chi connectivity index (χ0v) is 17.6. The minimum atomic E-state index is -0.975. The van der Waals surface area contributed by atoms with Crippen molar-refractivity contribution in [1.29, 1.82) is 0 Å². The molecule has 0 amide bonds. The van der Waals surface area contributed by atoms with Gasteiger partial charge in [0.2, 0.25) is 0 Å². The second-order valence-corrected chi connectivity index (χ2v) is 10.5. The monoisotopic (exact) mass is 398 g/mol. The first-order valence-corrected chi connectivity index (χ1v) is 11.7. The average molecular weight is 399 g/mol. The molecule has 4 fully saturated rings. The number of hydrogen-bond acceptors (Lipinski definition) is 3. The molecule has 0 bridgehead atoms. The van der Waals surface area contributed by atoms with Gasteiger partial charge in [0.15, 0.2) is 5.78 Å². The number of aliphatic carboxylic acids is 1. The summed E-state index contributed by atoms with van der Waals surface area (Å²) >= 11 is 0. The Bertz CT molecular complexity index is 797. The number of ketones is 1. The predicted molar refractivity (Wildman–Crippen MR) is 110 cm³/mol. The van der Waals surface area contributed by atoms with Gasteiger partial charge in [-0.3, -0.25) is 4.79 Å². The van der Waals surface area contributed by atoms with Crippen LogP contribution in [-0.4, -0.2) is 27.6 Å². The lowest BCUT2D eigenvalue weighted by atomic mass is 9.45. The molecule has 0 aromatic rings. The Morgan fingerprint density at radius 2 is 2.07 bits per heavy atom. The van der Waals surface area contributed by atoms with Crippen LogP contribution in [0, 0.1) is 46.8 Å². The topological polar surface area (TPSA) is 74.6 Å². The summed E-state index contributed by atoms with van der Waals surface area (Å²) in [5.41, 5.74) is 0.245. The number of carbonyl (C=O) groups is 2. The van der Waals surface area contributed by atoms with Crippen molar-refractivity contribution in [3.63, 3.8) is 0 Å². The number of carbonyl (C=O) groups excluding carboxylic acids is 1. The van der Waals surface area contributed by atoms with Crippen molar-refractivity contribution < 1.29 is 19.8 Å². The summed E-state index contributed by atoms with van der Waals surface area (Å²) in [7, 11) is 0. The molecule has 5 rings (SSSR count). The fraction of sp³-hybridized carbons (Fsp3) is 0.760. The molecule has 0 spiro atoms. The molecule has 0 saturated heterocycles. The number of allylic oxidation sites excluding steroid dienone is 1. The third-order valence-corrected chi connectivity index (χ3v) is 9.85. The molecule has 5 aliphatic rings. The lowest BCUT2D eigenvalue weighted by molar-refractivity contribution is -0.140. The quantitative estimate of drug-likeness (QED) is 0.689. The van der Waals surface area contributed by atoms with Gasteiger partial charge in [0.05, 0.1) is 5.60 Å². The van der Waals surface area contributed by atoms with Crippen LogP contribution in [0.25, 0.3) is 0 Å². The normalized spacial score (nSPS) is 50.4. The van der Waals surface area contributed by atoms with Gasteiger partial charge in [-0.05, 0) is 92.1 Å². The van der Waals surface area contributed by atoms with Gasteiger partial charge in [0, 0.05) is 17.9 Å². The van der Waals surface area contributed by atoms with E-state index in [1.54, 1.807) is 6.08 Å². The highest BCUT2D eigenvalue weighted by atomic mass is 16.4. The Balaban J connectivity index is 1.56. The fourth-order valence-electron chi connectivity index (χ4n) is 8.79. The molecule has 9 atom stereocenters. The highest BCUT2D eigenvalue weighted by molar-refractivity contribution is 5.91. The molecule has 4 heteroatoms. The van der Waals surface area contributed by atoms with Crippen molar-refractivity contribution in [2.45, 2.75) is 70.8 Å². The van der Waals surface area contributed by atoms with Gasteiger partial charge in [-0.1, -0.05) is 25.8 Å². The molecular formula is C25H34O4. The van der Waals surface area contributed by atoms with E-state index in [9.17, 15) is 19.8 Å². The Hall–Kier alpha value is -1.42. The van der Waals surface area contributed by atoms with E-state index in [0.717, 1.165) is 44.9 Å². The van der Waals surface area contributed by atoms with Crippen molar-refractivity contribution in [3.05, 3.63) is 23.8 Å². The minimum Gasteiger partial charge on any atom is -0.478 e. The summed E-state index contributed by atoms with van der Waals surface area (Å²) in [6.45, 7) is 4.48. The van der Waals surface area contributed by atoms with Crippen LogP contribution in [0.3, 0.4) is 0 Å². The molecule has 2 N–H and O–H groups in total. The highest BCUT2D eigenvalue weighted by Gasteiger charge is 2.76. The molecule has 29 heavy (non-hydrogen) atoms. The summed E-state index contributed by atoms with van der Waals surface area (Å²) in [5.74, 6) is 2.96. The maximum absolute atomic E-state index is 12.1. The van der Waals surface area contributed by atoms with E-state index in [1.807, 2.05) is 6.08 Å². The molecule has 4 nitrogen and oxygen atoms in total. The first kappa shape index (κ1) is 19.5. The van der Waals surface area contributed by atoms with Crippen LogP contribution in [0.2, 0.25) is 0 Å². The van der Waals surface area contributed by atoms with E-state index in [4.69, 9.17) is 0 Å². The van der Waals surface area contributed by atoms with Gasteiger partial charge in [0.25, 0.3) is 0 Å². The highest BCUT2D eigenvalue weighted by Crippen LogP contribution is 2.77. The molecule has 0 aliphatic heterocycles. The van der Waals surface area contributed by atoms with E-state index < -0.39 is 11.6 Å². The number of carboxylic acids is 1. The van der Waals surface area contributed by atoms with Crippen molar-refractivity contribution in [3.8, 4) is 0 Å². The lowest BCUT2D eigenvalue weighted by Gasteiger charge is -2.60. The fourth-order valence-corrected chi connectivity index (χ4v) is 8.79. The maximum Gasteiger partial charge on any atom is 0.328 e. The standard InChI is InChI=1S/C25H34O4/c1-3-14-11-15-12-16(26)5-6-17(15)18-7-9-24(4-2)23(22(14)18)19-13-20(19)25(24,29)10-8-21(27)28/h8,10,12,14,17-20,22-23,29H,3-7,9,11,13H2,1-2H3,(H,27,28)/b10-8-/t14-,17+,18-,19-,20+,22-,23+,24+,25+/m1/s1. The molecule has 0 heterocycles. The van der Waals surface area contributed by atoms with Crippen LogP contribution in [0.15, 0.2) is 23.8 Å². The lowest BCUT2D eigenvalue weighted by Crippen LogP contribution is -2.57. The van der Waals surface area contributed by atoms with Crippen LogP contribution in [-0.2, 0) is 9.59 Å². The molecule has 5 aliphatic carbocycles. The van der Waals surface area contributed by atoms with Gasteiger partial charge in [-0.25, -0.2) is 4.79 Å². The van der Waals surface area contributed by atoms with Crippen LogP contribution in [0.4, 0.5) is 0 Å². The minimum absolute atomic E-state index is 0.188. The summed E-state index contributed by atoms with van der Waals surface area (Å²) in [4.78, 5) is 23.3. The second kappa shape index (κ2) is 6.54. The molecule has 0 aromatic heterocycles. The summed E-state index contributed by atoms with van der Waals surface area (Å²) in [5, 5.41) is 21.1. The van der Waals surface area contributed by atoms with Gasteiger partial charge in [-0.2, -0.15) is 0 Å². The molecule has 158 valence electrons. The van der Waals surface area contributed by atoms with E-state index in [0.29, 0.717) is 47.7 Å². The van der Waals surface area contributed by atoms with Crippen molar-refractivity contribution >= 4 is 11.8 Å². The summed E-state index contributed by atoms with van der Waals surface area (Å²) in [6, 6.07) is 0. The Kier molecular flexibility index (Phi) is 4.40. The SMILES string of the molecule is CC[C@@H]1CC2=CC(=O)CC[C@@H]2[C@H]2CC[C@@]3(CC)[C@@H]([C@@H]4C[C@@H]4[C@@]3(O)/C=C\C(=O)O)[C@H]12. The van der Waals surface area contributed by atoms with Crippen molar-refractivity contribution in [2.24, 2.45) is 46.8 Å². The first-order valence-electron chi connectivity index (χ1n) is 11.7. The van der Waals surface area contributed by atoms with Crippen LogP contribution in [0.1, 0.15) is 65.2 Å². The Labute approximate surface area is 173 Å². The zero-order chi connectivity index (χ0) is 20.6. The third kappa shape index (κ3) is 2.54. The number of rotatable bonds is 4. The average Bonchev–Trinajstić information content (AvgIpc) is 3.47. The molecule has 0 unspecified atom stereocenters.